The SMILES string of the molecule is Nc1cccc(Cl)c1C#CCCO. The van der Waals surface area contributed by atoms with E-state index in [1.165, 1.54) is 0 Å². The van der Waals surface area contributed by atoms with E-state index in [0.29, 0.717) is 22.7 Å². The monoisotopic (exact) mass is 195 g/mol. The molecule has 2 nitrogen and oxygen atoms in total. The van der Waals surface area contributed by atoms with Gasteiger partial charge in [-0.2, -0.15) is 0 Å². The van der Waals surface area contributed by atoms with Crippen LogP contribution in [-0.2, 0) is 0 Å². The van der Waals surface area contributed by atoms with Crippen molar-refractivity contribution in [2.24, 2.45) is 0 Å². The van der Waals surface area contributed by atoms with Gasteiger partial charge < -0.3 is 10.8 Å². The first-order chi connectivity index (χ1) is 6.25. The van der Waals surface area contributed by atoms with Crippen molar-refractivity contribution in [2.75, 3.05) is 12.3 Å². The number of rotatable bonds is 1. The molecule has 3 N–H and O–H groups in total. The van der Waals surface area contributed by atoms with Crippen LogP contribution in [0.3, 0.4) is 0 Å². The van der Waals surface area contributed by atoms with Crippen molar-refractivity contribution < 1.29 is 5.11 Å². The second-order valence-corrected chi connectivity index (χ2v) is 2.89. The Labute approximate surface area is 82.3 Å². The lowest BCUT2D eigenvalue weighted by Gasteiger charge is -1.98. The molecule has 0 amide bonds. The zero-order chi connectivity index (χ0) is 9.68. The van der Waals surface area contributed by atoms with Crippen molar-refractivity contribution in [1.29, 1.82) is 0 Å². The predicted octanol–water partition coefficient (Wildman–Crippen LogP) is 1.66. The summed E-state index contributed by atoms with van der Waals surface area (Å²) in [6, 6.07) is 5.25. The highest BCUT2D eigenvalue weighted by molar-refractivity contribution is 6.32. The topological polar surface area (TPSA) is 46.2 Å². The quantitative estimate of drug-likeness (QED) is 0.529. The van der Waals surface area contributed by atoms with Gasteiger partial charge in [0.05, 0.1) is 17.2 Å². The van der Waals surface area contributed by atoms with Crippen molar-refractivity contribution in [1.82, 2.24) is 0 Å². The van der Waals surface area contributed by atoms with E-state index in [4.69, 9.17) is 22.4 Å². The molecule has 13 heavy (non-hydrogen) atoms. The summed E-state index contributed by atoms with van der Waals surface area (Å²) in [5.74, 6) is 5.58. The smallest absolute Gasteiger partial charge is 0.0661 e. The lowest BCUT2D eigenvalue weighted by molar-refractivity contribution is 0.305. The van der Waals surface area contributed by atoms with Gasteiger partial charge in [0.15, 0.2) is 0 Å². The molecule has 0 atom stereocenters. The van der Waals surface area contributed by atoms with Crippen LogP contribution >= 0.6 is 11.6 Å². The number of aliphatic hydroxyl groups is 1. The van der Waals surface area contributed by atoms with Gasteiger partial charge in [-0.05, 0) is 12.1 Å². The van der Waals surface area contributed by atoms with Crippen molar-refractivity contribution in [2.45, 2.75) is 6.42 Å². The van der Waals surface area contributed by atoms with E-state index in [9.17, 15) is 0 Å². The average Bonchev–Trinajstić information content (AvgIpc) is 2.10. The summed E-state index contributed by atoms with van der Waals surface area (Å²) in [6.45, 7) is 0.0529. The summed E-state index contributed by atoms with van der Waals surface area (Å²) in [5, 5.41) is 9.06. The van der Waals surface area contributed by atoms with Gasteiger partial charge in [-0.15, -0.1) is 0 Å². The van der Waals surface area contributed by atoms with Crippen LogP contribution in [0.5, 0.6) is 0 Å². The van der Waals surface area contributed by atoms with E-state index in [1.54, 1.807) is 18.2 Å². The van der Waals surface area contributed by atoms with Crippen LogP contribution in [0.15, 0.2) is 18.2 Å². The molecule has 3 heteroatoms. The Hall–Kier alpha value is -1.17. The number of halogens is 1. The molecule has 0 aromatic heterocycles. The molecule has 1 rings (SSSR count). The van der Waals surface area contributed by atoms with E-state index in [0.717, 1.165) is 0 Å². The molecular formula is C10H10ClNO. The zero-order valence-electron chi connectivity index (χ0n) is 7.05. The second kappa shape index (κ2) is 4.76. The average molecular weight is 196 g/mol. The van der Waals surface area contributed by atoms with E-state index in [2.05, 4.69) is 11.8 Å². The van der Waals surface area contributed by atoms with Crippen LogP contribution in [0.2, 0.25) is 5.02 Å². The van der Waals surface area contributed by atoms with E-state index < -0.39 is 0 Å². The Balaban J connectivity index is 2.95. The summed E-state index contributed by atoms with van der Waals surface area (Å²) >= 11 is 5.86. The maximum Gasteiger partial charge on any atom is 0.0661 e. The largest absolute Gasteiger partial charge is 0.398 e. The molecule has 0 aliphatic rings. The molecule has 0 aliphatic heterocycles. The maximum absolute atomic E-state index is 8.52. The summed E-state index contributed by atoms with van der Waals surface area (Å²) in [6.07, 6.45) is 0.435. The number of benzene rings is 1. The van der Waals surface area contributed by atoms with Crippen molar-refractivity contribution in [3.05, 3.63) is 28.8 Å². The fraction of sp³-hybridized carbons (Fsp3) is 0.200. The fourth-order valence-corrected chi connectivity index (χ4v) is 1.11. The number of nitrogens with two attached hydrogens (primary N) is 1. The number of aliphatic hydroxyl groups excluding tert-OH is 1. The Morgan fingerprint density at radius 1 is 1.46 bits per heavy atom. The standard InChI is InChI=1S/C10H10ClNO/c11-9-5-3-6-10(12)8(9)4-1-2-7-13/h3,5-6,13H,2,7,12H2. The van der Waals surface area contributed by atoms with Crippen LogP contribution in [0, 0.1) is 11.8 Å². The molecule has 0 saturated carbocycles. The first kappa shape index (κ1) is 9.91. The lowest BCUT2D eigenvalue weighted by atomic mass is 10.2. The fourth-order valence-electron chi connectivity index (χ4n) is 0.879. The first-order valence-corrected chi connectivity index (χ1v) is 4.27. The van der Waals surface area contributed by atoms with Gasteiger partial charge in [-0.1, -0.05) is 29.5 Å². The maximum atomic E-state index is 8.52. The van der Waals surface area contributed by atoms with Gasteiger partial charge in [-0.25, -0.2) is 0 Å². The normalized spacial score (nSPS) is 9.08. The Bertz CT molecular complexity index is 331. The first-order valence-electron chi connectivity index (χ1n) is 3.89. The highest BCUT2D eigenvalue weighted by atomic mass is 35.5. The number of hydrogen-bond donors (Lipinski definition) is 2. The molecule has 0 fully saturated rings. The summed E-state index contributed by atoms with van der Waals surface area (Å²) in [7, 11) is 0. The van der Waals surface area contributed by atoms with Crippen LogP contribution in [-0.4, -0.2) is 11.7 Å². The highest BCUT2D eigenvalue weighted by Crippen LogP contribution is 2.20. The van der Waals surface area contributed by atoms with Crippen LogP contribution < -0.4 is 5.73 Å². The molecule has 0 saturated heterocycles. The van der Waals surface area contributed by atoms with Crippen molar-refractivity contribution in [3.8, 4) is 11.8 Å². The number of anilines is 1. The second-order valence-electron chi connectivity index (χ2n) is 2.48. The third-order valence-electron chi connectivity index (χ3n) is 1.50. The van der Waals surface area contributed by atoms with Gasteiger partial charge in [0, 0.05) is 12.1 Å². The minimum Gasteiger partial charge on any atom is -0.398 e. The molecule has 1 aromatic carbocycles. The van der Waals surface area contributed by atoms with E-state index in [1.807, 2.05) is 0 Å². The third kappa shape index (κ3) is 2.66. The summed E-state index contributed by atoms with van der Waals surface area (Å²) in [5.41, 5.74) is 6.86. The minimum absolute atomic E-state index is 0.0529. The molecule has 0 bridgehead atoms. The predicted molar refractivity (Wildman–Crippen MR) is 54.4 cm³/mol. The Morgan fingerprint density at radius 3 is 2.85 bits per heavy atom. The van der Waals surface area contributed by atoms with Crippen LogP contribution in [0.4, 0.5) is 5.69 Å². The molecule has 68 valence electrons. The summed E-state index contributed by atoms with van der Waals surface area (Å²) in [4.78, 5) is 0. The molecular weight excluding hydrogens is 186 g/mol. The zero-order valence-corrected chi connectivity index (χ0v) is 7.80. The number of nitrogen functional groups attached to an aromatic ring is 1. The van der Waals surface area contributed by atoms with Crippen LogP contribution in [0.25, 0.3) is 0 Å². The molecule has 0 spiro atoms. The van der Waals surface area contributed by atoms with Gasteiger partial charge in [0.25, 0.3) is 0 Å². The van der Waals surface area contributed by atoms with Crippen molar-refractivity contribution in [3.63, 3.8) is 0 Å². The van der Waals surface area contributed by atoms with Gasteiger partial charge in [0.2, 0.25) is 0 Å². The molecule has 0 radical (unpaired) electrons. The molecule has 1 aromatic rings. The minimum atomic E-state index is 0.0529. The highest BCUT2D eigenvalue weighted by Gasteiger charge is 1.99. The van der Waals surface area contributed by atoms with Crippen LogP contribution in [0.1, 0.15) is 12.0 Å². The van der Waals surface area contributed by atoms with Gasteiger partial charge >= 0.3 is 0 Å². The summed E-state index contributed by atoms with van der Waals surface area (Å²) < 4.78 is 0. The van der Waals surface area contributed by atoms with E-state index in [-0.39, 0.29) is 6.61 Å². The number of hydrogen-bond acceptors (Lipinski definition) is 2. The molecule has 0 aliphatic carbocycles. The Morgan fingerprint density at radius 2 is 2.23 bits per heavy atom. The molecule has 0 heterocycles. The Kier molecular flexibility index (Phi) is 3.63. The lowest BCUT2D eigenvalue weighted by Crippen LogP contribution is -1.90. The van der Waals surface area contributed by atoms with E-state index >= 15 is 0 Å². The molecule has 0 unspecified atom stereocenters. The van der Waals surface area contributed by atoms with Crippen molar-refractivity contribution >= 4 is 17.3 Å². The van der Waals surface area contributed by atoms with Gasteiger partial charge in [-0.3, -0.25) is 0 Å². The van der Waals surface area contributed by atoms with Gasteiger partial charge in [0.1, 0.15) is 0 Å². The third-order valence-corrected chi connectivity index (χ3v) is 1.81.